The van der Waals surface area contributed by atoms with E-state index in [4.69, 9.17) is 4.74 Å². The Bertz CT molecular complexity index is 1220. The second-order valence-corrected chi connectivity index (χ2v) is 9.67. The van der Waals surface area contributed by atoms with E-state index in [0.29, 0.717) is 0 Å². The van der Waals surface area contributed by atoms with Crippen molar-refractivity contribution in [1.29, 1.82) is 0 Å². The largest absolute Gasteiger partial charge is 0.460 e. The van der Waals surface area contributed by atoms with Crippen molar-refractivity contribution in [3.05, 3.63) is 54.2 Å². The van der Waals surface area contributed by atoms with Gasteiger partial charge in [0, 0.05) is 36.0 Å². The van der Waals surface area contributed by atoms with Gasteiger partial charge < -0.3 is 14.7 Å². The predicted octanol–water partition coefficient (Wildman–Crippen LogP) is 7.81. The number of fused-ring (bicyclic) bond motifs is 2. The number of H-pyrrole nitrogens is 2. The van der Waals surface area contributed by atoms with Crippen molar-refractivity contribution >= 4 is 27.9 Å². The molecule has 0 bridgehead atoms. The lowest BCUT2D eigenvalue weighted by Crippen LogP contribution is -2.21. The van der Waals surface area contributed by atoms with Crippen molar-refractivity contribution in [3.8, 4) is 11.1 Å². The quantitative estimate of drug-likeness (QED) is 0.302. The number of esters is 1. The number of carbonyl (C=O) groups excluding carboxylic acids is 1. The summed E-state index contributed by atoms with van der Waals surface area (Å²) in [6, 6.07) is 11.0. The standard InChI is InChI=1S/C17H14FN3.C6H12O2.C5H12/c1-2-17-20-14-6-3-10(7-16(14)21-17)13-9-19-15-8-11(18)4-5-12(13)15;1-5(7)8-6(2,3)4;1-4-5(2)3/h3-9,19H,2H2,1H3,(H,20,21);1-4H3;5H,4H2,1-3H3. The van der Waals surface area contributed by atoms with E-state index >= 15 is 0 Å². The molecule has 0 unspecified atom stereocenters. The highest BCUT2D eigenvalue weighted by molar-refractivity contribution is 5.97. The lowest BCUT2D eigenvalue weighted by molar-refractivity contribution is -0.151. The molecule has 2 heterocycles. The van der Waals surface area contributed by atoms with Gasteiger partial charge in [-0.15, -0.1) is 0 Å². The van der Waals surface area contributed by atoms with Crippen molar-refractivity contribution in [3.63, 3.8) is 0 Å². The Morgan fingerprint density at radius 2 is 1.76 bits per heavy atom. The molecule has 5 nitrogen and oxygen atoms in total. The Morgan fingerprint density at radius 1 is 1.09 bits per heavy atom. The number of hydrogen-bond acceptors (Lipinski definition) is 3. The van der Waals surface area contributed by atoms with E-state index < -0.39 is 0 Å². The van der Waals surface area contributed by atoms with Gasteiger partial charge >= 0.3 is 5.97 Å². The lowest BCUT2D eigenvalue weighted by atomic mass is 10.0. The van der Waals surface area contributed by atoms with Crippen LogP contribution in [0.25, 0.3) is 33.1 Å². The summed E-state index contributed by atoms with van der Waals surface area (Å²) >= 11 is 0. The number of aryl methyl sites for hydroxylation is 1. The molecule has 0 aliphatic carbocycles. The molecule has 6 heteroatoms. The number of aromatic amines is 2. The molecule has 4 rings (SSSR count). The maximum atomic E-state index is 13.3. The van der Waals surface area contributed by atoms with Crippen molar-refractivity contribution in [1.82, 2.24) is 15.0 Å². The summed E-state index contributed by atoms with van der Waals surface area (Å²) < 4.78 is 18.1. The third-order valence-corrected chi connectivity index (χ3v) is 5.09. The summed E-state index contributed by atoms with van der Waals surface area (Å²) in [5, 5.41) is 1.02. The number of ether oxygens (including phenoxy) is 1. The fourth-order valence-electron chi connectivity index (χ4n) is 3.17. The second-order valence-electron chi connectivity index (χ2n) is 9.67. The molecule has 2 aromatic heterocycles. The van der Waals surface area contributed by atoms with Gasteiger partial charge in [-0.25, -0.2) is 9.37 Å². The van der Waals surface area contributed by atoms with Gasteiger partial charge in [0.1, 0.15) is 17.2 Å². The summed E-state index contributed by atoms with van der Waals surface area (Å²) in [4.78, 5) is 21.2. The Labute approximate surface area is 202 Å². The molecule has 0 aliphatic heterocycles. The molecule has 184 valence electrons. The fourth-order valence-corrected chi connectivity index (χ4v) is 3.17. The molecule has 0 atom stereocenters. The highest BCUT2D eigenvalue weighted by Crippen LogP contribution is 2.30. The topological polar surface area (TPSA) is 70.8 Å². The van der Waals surface area contributed by atoms with Crippen LogP contribution in [0.1, 0.15) is 67.6 Å². The van der Waals surface area contributed by atoms with Crippen LogP contribution in [0.5, 0.6) is 0 Å². The minimum absolute atomic E-state index is 0.225. The maximum Gasteiger partial charge on any atom is 0.303 e. The van der Waals surface area contributed by atoms with E-state index in [0.717, 1.165) is 51.2 Å². The fraction of sp³-hybridized carbons (Fsp3) is 0.429. The van der Waals surface area contributed by atoms with Gasteiger partial charge in [0.2, 0.25) is 0 Å². The number of benzene rings is 2. The summed E-state index contributed by atoms with van der Waals surface area (Å²) in [6.45, 7) is 15.7. The first-order valence-electron chi connectivity index (χ1n) is 11.9. The van der Waals surface area contributed by atoms with Gasteiger partial charge in [-0.1, -0.05) is 40.2 Å². The number of halogens is 1. The molecule has 34 heavy (non-hydrogen) atoms. The predicted molar refractivity (Wildman–Crippen MR) is 139 cm³/mol. The zero-order valence-corrected chi connectivity index (χ0v) is 21.7. The molecule has 2 aromatic carbocycles. The molecule has 0 amide bonds. The highest BCUT2D eigenvalue weighted by Gasteiger charge is 2.12. The molecule has 0 fully saturated rings. The van der Waals surface area contributed by atoms with E-state index in [2.05, 4.69) is 54.8 Å². The number of nitrogens with one attached hydrogen (secondary N) is 2. The lowest BCUT2D eigenvalue weighted by Gasteiger charge is -2.17. The van der Waals surface area contributed by atoms with Crippen LogP contribution in [-0.4, -0.2) is 26.5 Å². The third-order valence-electron chi connectivity index (χ3n) is 5.09. The first-order chi connectivity index (χ1) is 15.9. The Kier molecular flexibility index (Phi) is 9.42. The van der Waals surface area contributed by atoms with Crippen molar-refractivity contribution < 1.29 is 13.9 Å². The van der Waals surface area contributed by atoms with Gasteiger partial charge in [0.15, 0.2) is 0 Å². The highest BCUT2D eigenvalue weighted by atomic mass is 19.1. The zero-order chi connectivity index (χ0) is 25.5. The third kappa shape index (κ3) is 8.01. The van der Waals surface area contributed by atoms with Gasteiger partial charge in [-0.3, -0.25) is 4.79 Å². The van der Waals surface area contributed by atoms with E-state index in [9.17, 15) is 9.18 Å². The molecule has 4 aromatic rings. The number of rotatable bonds is 3. The van der Waals surface area contributed by atoms with Crippen LogP contribution in [0.15, 0.2) is 42.6 Å². The first-order valence-corrected chi connectivity index (χ1v) is 11.9. The van der Waals surface area contributed by atoms with Crippen LogP contribution in [0, 0.1) is 11.7 Å². The smallest absolute Gasteiger partial charge is 0.303 e. The maximum absolute atomic E-state index is 13.3. The minimum Gasteiger partial charge on any atom is -0.460 e. The molecule has 0 saturated carbocycles. The van der Waals surface area contributed by atoms with Gasteiger partial charge in [-0.2, -0.15) is 0 Å². The van der Waals surface area contributed by atoms with Crippen LogP contribution in [0.3, 0.4) is 0 Å². The summed E-state index contributed by atoms with van der Waals surface area (Å²) in [5.74, 6) is 1.42. The number of imidazole rings is 1. The molecular weight excluding hydrogens is 429 g/mol. The summed E-state index contributed by atoms with van der Waals surface area (Å²) in [5.41, 5.74) is 4.64. The number of hydrogen-bond donors (Lipinski definition) is 2. The van der Waals surface area contributed by atoms with Crippen LogP contribution in [-0.2, 0) is 16.0 Å². The molecular formula is C28H38FN3O2. The Hall–Kier alpha value is -3.15. The van der Waals surface area contributed by atoms with Crippen LogP contribution >= 0.6 is 0 Å². The number of nitrogens with zero attached hydrogens (tertiary/aromatic N) is 1. The van der Waals surface area contributed by atoms with E-state index in [1.54, 1.807) is 0 Å². The second kappa shape index (κ2) is 11.8. The molecule has 0 aliphatic rings. The van der Waals surface area contributed by atoms with Crippen molar-refractivity contribution in [2.75, 3.05) is 0 Å². The molecule has 0 spiro atoms. The van der Waals surface area contributed by atoms with Gasteiger partial charge in [0.05, 0.1) is 11.0 Å². The monoisotopic (exact) mass is 467 g/mol. The van der Waals surface area contributed by atoms with E-state index in [1.165, 1.54) is 25.5 Å². The summed E-state index contributed by atoms with van der Waals surface area (Å²) in [7, 11) is 0. The van der Waals surface area contributed by atoms with Crippen molar-refractivity contribution in [2.24, 2.45) is 5.92 Å². The van der Waals surface area contributed by atoms with Gasteiger partial charge in [-0.05, 0) is 62.6 Å². The SMILES string of the molecule is CC(=O)OC(C)(C)C.CCC(C)C.CCc1nc2ccc(-c3c[nH]c4cc(F)ccc34)cc2[nH]1. The average molecular weight is 468 g/mol. The molecule has 0 radical (unpaired) electrons. The average Bonchev–Trinajstić information content (AvgIpc) is 3.35. The van der Waals surface area contributed by atoms with Crippen LogP contribution < -0.4 is 0 Å². The molecule has 0 saturated heterocycles. The van der Waals surface area contributed by atoms with Crippen molar-refractivity contribution in [2.45, 2.75) is 73.8 Å². The summed E-state index contributed by atoms with van der Waals surface area (Å²) in [6.07, 6.45) is 4.11. The van der Waals surface area contributed by atoms with Crippen LogP contribution in [0.4, 0.5) is 4.39 Å². The normalized spacial score (nSPS) is 11.1. The zero-order valence-electron chi connectivity index (χ0n) is 21.7. The van der Waals surface area contributed by atoms with Crippen LogP contribution in [0.2, 0.25) is 0 Å². The van der Waals surface area contributed by atoms with Gasteiger partial charge in [0.25, 0.3) is 0 Å². The Balaban J connectivity index is 0.000000263. The van der Waals surface area contributed by atoms with E-state index in [-0.39, 0.29) is 17.4 Å². The molecule has 2 N–H and O–H groups in total. The van der Waals surface area contributed by atoms with E-state index in [1.807, 2.05) is 39.1 Å². The first kappa shape index (κ1) is 27.1. The Morgan fingerprint density at radius 3 is 2.29 bits per heavy atom. The number of carbonyl (C=O) groups is 1. The number of aromatic nitrogens is 3. The minimum atomic E-state index is -0.328.